The molecule has 3 nitrogen and oxygen atoms in total. The number of hydrogen-bond acceptors (Lipinski definition) is 2. The highest BCUT2D eigenvalue weighted by molar-refractivity contribution is 5.76. The summed E-state index contributed by atoms with van der Waals surface area (Å²) in [7, 11) is 1.89. The van der Waals surface area contributed by atoms with E-state index >= 15 is 0 Å². The zero-order valence-electron chi connectivity index (χ0n) is 11.7. The van der Waals surface area contributed by atoms with Gasteiger partial charge in [-0.05, 0) is 50.0 Å². The minimum Gasteiger partial charge on any atom is -0.356 e. The van der Waals surface area contributed by atoms with Gasteiger partial charge < -0.3 is 10.6 Å². The van der Waals surface area contributed by atoms with Crippen molar-refractivity contribution in [1.29, 1.82) is 0 Å². The molecule has 1 aromatic carbocycles. The third-order valence-corrected chi connectivity index (χ3v) is 2.93. The number of nitrogens with one attached hydrogen (secondary N) is 2. The Morgan fingerprint density at radius 2 is 2.16 bits per heavy atom. The minimum absolute atomic E-state index is 0.0695. The van der Waals surface area contributed by atoms with E-state index in [0.29, 0.717) is 13.0 Å². The summed E-state index contributed by atoms with van der Waals surface area (Å²) in [5.74, 6) is 0.0623. The van der Waals surface area contributed by atoms with Crippen LogP contribution in [0.5, 0.6) is 0 Å². The Balaban J connectivity index is 2.26. The van der Waals surface area contributed by atoms with E-state index in [1.165, 1.54) is 12.1 Å². The molecule has 1 rings (SSSR count). The van der Waals surface area contributed by atoms with Crippen LogP contribution in [-0.2, 0) is 11.2 Å². The molecule has 0 fully saturated rings. The average molecular weight is 266 g/mol. The highest BCUT2D eigenvalue weighted by atomic mass is 19.1. The molecular formula is C15H23FN2O. The minimum atomic E-state index is -0.221. The summed E-state index contributed by atoms with van der Waals surface area (Å²) in [6, 6.07) is 6.56. The molecule has 0 aliphatic heterocycles. The number of halogens is 1. The van der Waals surface area contributed by atoms with Crippen LogP contribution in [-0.4, -0.2) is 26.0 Å². The number of rotatable bonds is 8. The van der Waals surface area contributed by atoms with Gasteiger partial charge >= 0.3 is 0 Å². The smallest absolute Gasteiger partial charge is 0.220 e. The molecule has 2 N–H and O–H groups in total. The SMILES string of the molecule is CNCCCNC(=O)CC(C)Cc1cccc(F)c1. The monoisotopic (exact) mass is 266 g/mol. The molecule has 4 heteroatoms. The van der Waals surface area contributed by atoms with Crippen molar-refractivity contribution < 1.29 is 9.18 Å². The van der Waals surface area contributed by atoms with Crippen LogP contribution in [0.4, 0.5) is 4.39 Å². The summed E-state index contributed by atoms with van der Waals surface area (Å²) < 4.78 is 13.0. The number of carbonyl (C=O) groups excluding carboxylic acids is 1. The lowest BCUT2D eigenvalue weighted by Gasteiger charge is -2.12. The summed E-state index contributed by atoms with van der Waals surface area (Å²) >= 11 is 0. The third-order valence-electron chi connectivity index (χ3n) is 2.93. The van der Waals surface area contributed by atoms with Crippen molar-refractivity contribution in [1.82, 2.24) is 10.6 Å². The second-order valence-corrected chi connectivity index (χ2v) is 4.95. The highest BCUT2D eigenvalue weighted by Gasteiger charge is 2.09. The van der Waals surface area contributed by atoms with E-state index < -0.39 is 0 Å². The fourth-order valence-electron chi connectivity index (χ4n) is 2.02. The van der Waals surface area contributed by atoms with Crippen molar-refractivity contribution in [3.8, 4) is 0 Å². The normalized spacial score (nSPS) is 12.2. The molecule has 0 spiro atoms. The van der Waals surface area contributed by atoms with E-state index in [9.17, 15) is 9.18 Å². The second kappa shape index (κ2) is 8.64. The summed E-state index contributed by atoms with van der Waals surface area (Å²) in [4.78, 5) is 11.7. The van der Waals surface area contributed by atoms with Crippen LogP contribution in [0, 0.1) is 11.7 Å². The van der Waals surface area contributed by atoms with Crippen molar-refractivity contribution in [2.24, 2.45) is 5.92 Å². The standard InChI is InChI=1S/C15H23FN2O/c1-12(9-13-5-3-6-14(16)11-13)10-15(19)18-8-4-7-17-2/h3,5-6,11-12,17H,4,7-10H2,1-2H3,(H,18,19). The Labute approximate surface area is 114 Å². The molecule has 0 aliphatic carbocycles. The van der Waals surface area contributed by atoms with Gasteiger partial charge in [-0.25, -0.2) is 4.39 Å². The maximum absolute atomic E-state index is 13.0. The van der Waals surface area contributed by atoms with E-state index in [4.69, 9.17) is 0 Å². The molecule has 0 aliphatic rings. The molecule has 0 aromatic heterocycles. The fourth-order valence-corrected chi connectivity index (χ4v) is 2.02. The predicted octanol–water partition coefficient (Wildman–Crippen LogP) is 2.12. The molecule has 0 heterocycles. The van der Waals surface area contributed by atoms with E-state index in [0.717, 1.165) is 24.9 Å². The lowest BCUT2D eigenvalue weighted by Crippen LogP contribution is -2.28. The van der Waals surface area contributed by atoms with Crippen LogP contribution in [0.25, 0.3) is 0 Å². The fraction of sp³-hybridized carbons (Fsp3) is 0.533. The Bertz CT molecular complexity index is 395. The van der Waals surface area contributed by atoms with E-state index in [-0.39, 0.29) is 17.6 Å². The van der Waals surface area contributed by atoms with E-state index in [2.05, 4.69) is 10.6 Å². The van der Waals surface area contributed by atoms with Crippen LogP contribution in [0.1, 0.15) is 25.3 Å². The first-order valence-electron chi connectivity index (χ1n) is 6.77. The zero-order valence-corrected chi connectivity index (χ0v) is 11.7. The van der Waals surface area contributed by atoms with Crippen LogP contribution < -0.4 is 10.6 Å². The van der Waals surface area contributed by atoms with Gasteiger partial charge in [-0.15, -0.1) is 0 Å². The van der Waals surface area contributed by atoms with Crippen molar-refractivity contribution in [3.63, 3.8) is 0 Å². The second-order valence-electron chi connectivity index (χ2n) is 4.95. The van der Waals surface area contributed by atoms with Crippen LogP contribution in [0.15, 0.2) is 24.3 Å². The Kier molecular flexibility index (Phi) is 7.11. The van der Waals surface area contributed by atoms with Gasteiger partial charge in [-0.1, -0.05) is 19.1 Å². The maximum Gasteiger partial charge on any atom is 0.220 e. The largest absolute Gasteiger partial charge is 0.356 e. The molecular weight excluding hydrogens is 243 g/mol. The number of carbonyl (C=O) groups is 1. The first kappa shape index (κ1) is 15.6. The van der Waals surface area contributed by atoms with Gasteiger partial charge in [-0.3, -0.25) is 4.79 Å². The average Bonchev–Trinajstić information content (AvgIpc) is 2.34. The van der Waals surface area contributed by atoms with Gasteiger partial charge in [0.15, 0.2) is 0 Å². The van der Waals surface area contributed by atoms with Crippen molar-refractivity contribution in [3.05, 3.63) is 35.6 Å². The zero-order chi connectivity index (χ0) is 14.1. The summed E-state index contributed by atoms with van der Waals surface area (Å²) in [6.07, 6.45) is 2.14. The molecule has 1 atom stereocenters. The van der Waals surface area contributed by atoms with E-state index in [1.807, 2.05) is 20.0 Å². The first-order chi connectivity index (χ1) is 9.11. The van der Waals surface area contributed by atoms with Gasteiger partial charge in [0.2, 0.25) is 5.91 Å². The Morgan fingerprint density at radius 3 is 2.84 bits per heavy atom. The van der Waals surface area contributed by atoms with E-state index in [1.54, 1.807) is 6.07 Å². The van der Waals surface area contributed by atoms with Crippen LogP contribution in [0.3, 0.4) is 0 Å². The van der Waals surface area contributed by atoms with Gasteiger partial charge in [0.1, 0.15) is 5.82 Å². The lowest BCUT2D eigenvalue weighted by atomic mass is 9.98. The summed E-state index contributed by atoms with van der Waals surface area (Å²) in [5, 5.41) is 5.93. The summed E-state index contributed by atoms with van der Waals surface area (Å²) in [6.45, 7) is 3.61. The van der Waals surface area contributed by atoms with Crippen molar-refractivity contribution >= 4 is 5.91 Å². The topological polar surface area (TPSA) is 41.1 Å². The van der Waals surface area contributed by atoms with Crippen molar-refractivity contribution in [2.75, 3.05) is 20.1 Å². The molecule has 0 bridgehead atoms. The first-order valence-corrected chi connectivity index (χ1v) is 6.77. The molecule has 1 aromatic rings. The number of hydrogen-bond donors (Lipinski definition) is 2. The van der Waals surface area contributed by atoms with Gasteiger partial charge in [0.25, 0.3) is 0 Å². The Hall–Kier alpha value is -1.42. The number of benzene rings is 1. The summed E-state index contributed by atoms with van der Waals surface area (Å²) in [5.41, 5.74) is 0.940. The van der Waals surface area contributed by atoms with Gasteiger partial charge in [-0.2, -0.15) is 0 Å². The van der Waals surface area contributed by atoms with Gasteiger partial charge in [0.05, 0.1) is 0 Å². The molecule has 106 valence electrons. The molecule has 1 amide bonds. The van der Waals surface area contributed by atoms with Gasteiger partial charge in [0, 0.05) is 13.0 Å². The third kappa shape index (κ3) is 6.91. The quantitative estimate of drug-likeness (QED) is 0.708. The van der Waals surface area contributed by atoms with Crippen LogP contribution in [0.2, 0.25) is 0 Å². The van der Waals surface area contributed by atoms with Crippen LogP contribution >= 0.6 is 0 Å². The lowest BCUT2D eigenvalue weighted by molar-refractivity contribution is -0.121. The maximum atomic E-state index is 13.0. The molecule has 0 saturated carbocycles. The molecule has 0 radical (unpaired) electrons. The molecule has 0 saturated heterocycles. The predicted molar refractivity (Wildman–Crippen MR) is 75.4 cm³/mol. The Morgan fingerprint density at radius 1 is 1.37 bits per heavy atom. The number of amides is 1. The van der Waals surface area contributed by atoms with Crippen molar-refractivity contribution in [2.45, 2.75) is 26.2 Å². The molecule has 19 heavy (non-hydrogen) atoms. The molecule has 1 unspecified atom stereocenters. The highest BCUT2D eigenvalue weighted by Crippen LogP contribution is 2.12.